The molecule has 11 heteroatoms. The van der Waals surface area contributed by atoms with E-state index < -0.39 is 49.6 Å². The van der Waals surface area contributed by atoms with Crippen LogP contribution in [0.15, 0.2) is 0 Å². The average molecular weight is 335 g/mol. The van der Waals surface area contributed by atoms with Gasteiger partial charge in [0.05, 0.1) is 34.6 Å². The van der Waals surface area contributed by atoms with Gasteiger partial charge in [-0.1, -0.05) is 7.43 Å². The molecular weight excluding hydrogens is 311 g/mol. The molecule has 22 heavy (non-hydrogen) atoms. The highest BCUT2D eigenvalue weighted by molar-refractivity contribution is 5.88. The van der Waals surface area contributed by atoms with Gasteiger partial charge in [0, 0.05) is 0 Å². The second-order valence-corrected chi connectivity index (χ2v) is 3.50. The third-order valence-corrected chi connectivity index (χ3v) is 1.71. The largest absolute Gasteiger partial charge is 0.481 e. The van der Waals surface area contributed by atoms with Crippen LogP contribution >= 0.6 is 0 Å². The van der Waals surface area contributed by atoms with Crippen LogP contribution < -0.4 is 0 Å². The lowest BCUT2D eigenvalue weighted by atomic mass is 9.96. The van der Waals surface area contributed by atoms with E-state index in [0.29, 0.717) is 0 Å². The summed E-state index contributed by atoms with van der Waals surface area (Å²) < 4.78 is 15.5. The summed E-state index contributed by atoms with van der Waals surface area (Å²) >= 11 is 0. The number of carbonyl (C=O) groups is 3. The summed E-state index contributed by atoms with van der Waals surface area (Å²) in [6.45, 7) is -0.729. The van der Waals surface area contributed by atoms with Crippen molar-refractivity contribution in [2.75, 3.05) is 20.4 Å². The van der Waals surface area contributed by atoms with Crippen molar-refractivity contribution in [2.24, 2.45) is 0 Å². The summed E-state index contributed by atoms with van der Waals surface area (Å²) in [5.74, 6) is -5.02. The lowest BCUT2D eigenvalue weighted by Crippen LogP contribution is -2.42. The molecule has 0 aromatic heterocycles. The number of aliphatic hydroxyl groups excluding tert-OH is 3. The van der Waals surface area contributed by atoms with Crippen LogP contribution in [0.1, 0.15) is 21.6 Å². The first-order valence-corrected chi connectivity index (χ1v) is 5.15. The lowest BCUT2D eigenvalue weighted by Gasteiger charge is -2.18. The van der Waals surface area contributed by atoms with E-state index in [-0.39, 0.29) is 20.6 Å². The topological polar surface area (TPSA) is 193 Å². The molecule has 0 amide bonds. The van der Waals surface area contributed by atoms with Gasteiger partial charge in [-0.3, -0.25) is 14.0 Å². The Kier molecular flexibility index (Phi) is 17.8. The maximum atomic E-state index is 10.3. The van der Waals surface area contributed by atoms with Crippen LogP contribution in [0.2, 0.25) is 0 Å². The zero-order valence-electron chi connectivity index (χ0n) is 11.8. The van der Waals surface area contributed by atoms with Crippen LogP contribution in [-0.2, 0) is 14.4 Å². The minimum atomic E-state index is -2.74. The van der Waals surface area contributed by atoms with Crippen molar-refractivity contribution in [3.63, 3.8) is 0 Å². The van der Waals surface area contributed by atoms with Crippen LogP contribution in [0.3, 0.4) is 0 Å². The predicted octanol–water partition coefficient (Wildman–Crippen LogP) is -1.69. The van der Waals surface area contributed by atoms with Gasteiger partial charge in [0.25, 0.3) is 0 Å². The molecule has 7 N–H and O–H groups in total. The molecule has 0 bridgehead atoms. The minimum absolute atomic E-state index is 0. The number of alkyl halides is 1. The zero-order chi connectivity index (χ0) is 18.3. The number of aliphatic carboxylic acids is 3. The summed E-state index contributed by atoms with van der Waals surface area (Å²) in [4.78, 5) is 30.5. The van der Waals surface area contributed by atoms with Crippen LogP contribution in [0.25, 0.3) is 0 Å². The molecule has 0 saturated heterocycles. The molecule has 0 spiro atoms. The van der Waals surface area contributed by atoms with E-state index in [0.717, 1.165) is 0 Å². The van der Waals surface area contributed by atoms with Crippen molar-refractivity contribution in [1.29, 1.82) is 0 Å². The number of aliphatic hydroxyl groups is 4. The van der Waals surface area contributed by atoms with Crippen molar-refractivity contribution in [2.45, 2.75) is 32.0 Å². The molecule has 0 unspecified atom stereocenters. The van der Waals surface area contributed by atoms with E-state index in [1.807, 2.05) is 0 Å². The molecule has 0 heterocycles. The molecular formula is C11H23FO10. The van der Waals surface area contributed by atoms with Gasteiger partial charge < -0.3 is 35.7 Å². The predicted molar refractivity (Wildman–Crippen MR) is 71.0 cm³/mol. The number of hydrogen-bond acceptors (Lipinski definition) is 7. The fourth-order valence-electron chi connectivity index (χ4n) is 0.772. The summed E-state index contributed by atoms with van der Waals surface area (Å²) in [5, 5.41) is 57.8. The molecule has 0 aliphatic heterocycles. The third-order valence-electron chi connectivity index (χ3n) is 1.71. The molecule has 0 rings (SSSR count). The molecule has 0 saturated carbocycles. The Labute approximate surface area is 127 Å². The first kappa shape index (κ1) is 25.2. The number of carboxylic acid groups (broad SMARTS) is 3. The van der Waals surface area contributed by atoms with E-state index in [2.05, 4.69) is 0 Å². The number of rotatable bonds is 7. The molecule has 0 aromatic carbocycles. The first-order chi connectivity index (χ1) is 10.00. The molecule has 0 aliphatic rings. The highest BCUT2D eigenvalue weighted by atomic mass is 19.1. The van der Waals surface area contributed by atoms with Gasteiger partial charge in [0.1, 0.15) is 6.10 Å². The van der Waals surface area contributed by atoms with Crippen molar-refractivity contribution in [1.82, 2.24) is 0 Å². The van der Waals surface area contributed by atoms with Gasteiger partial charge in [-0.05, 0) is 0 Å². The highest BCUT2D eigenvalue weighted by Gasteiger charge is 2.40. The van der Waals surface area contributed by atoms with E-state index in [9.17, 15) is 18.8 Å². The van der Waals surface area contributed by atoms with Crippen molar-refractivity contribution < 1.29 is 55.9 Å². The number of carboxylic acids is 3. The Morgan fingerprint density at radius 1 is 1.09 bits per heavy atom. The minimum Gasteiger partial charge on any atom is -0.481 e. The van der Waals surface area contributed by atoms with E-state index >= 15 is 0 Å². The average Bonchev–Trinajstić information content (AvgIpc) is 2.37. The molecule has 0 aliphatic carbocycles. The van der Waals surface area contributed by atoms with E-state index in [1.54, 1.807) is 0 Å². The Morgan fingerprint density at radius 2 is 1.36 bits per heavy atom. The third kappa shape index (κ3) is 16.2. The van der Waals surface area contributed by atoms with E-state index in [1.165, 1.54) is 0 Å². The van der Waals surface area contributed by atoms with Gasteiger partial charge in [-0.2, -0.15) is 0 Å². The second-order valence-electron chi connectivity index (χ2n) is 3.50. The van der Waals surface area contributed by atoms with Crippen molar-refractivity contribution in [3.05, 3.63) is 0 Å². The van der Waals surface area contributed by atoms with Crippen LogP contribution in [0, 0.1) is 0 Å². The van der Waals surface area contributed by atoms with Gasteiger partial charge in [-0.15, -0.1) is 0 Å². The Morgan fingerprint density at radius 3 is 1.45 bits per heavy atom. The first-order valence-electron chi connectivity index (χ1n) is 5.85. The van der Waals surface area contributed by atoms with Crippen molar-refractivity contribution in [3.8, 4) is 0 Å². The molecule has 0 fully saturated rings. The summed E-state index contributed by atoms with van der Waals surface area (Å²) in [5.41, 5.74) is -2.74. The standard InChI is InChI=1S/C6H8O7.C3H8O3.CH3F.CH4/c7-3(8)1-6(13,5(11)12)2-4(9)10;4-1-3(6)2-5;1-2;/h13H,1-2H2,(H,7,8)(H,9,10)(H,11,12);3-6H,1-2H2;1H3;1H4/i;;1D;. The number of halogens is 1. The van der Waals surface area contributed by atoms with Crippen LogP contribution in [0.5, 0.6) is 0 Å². The quantitative estimate of drug-likeness (QED) is 0.282. The maximum absolute atomic E-state index is 10.3. The SMILES string of the molecule is C.O=C(O)CC(O)(CC(=O)O)C(=O)O.OCC(O)CO.[2H]CF. The van der Waals surface area contributed by atoms with Gasteiger partial charge >= 0.3 is 17.9 Å². The van der Waals surface area contributed by atoms with Crippen LogP contribution in [-0.4, -0.2) is 85.7 Å². The molecule has 134 valence electrons. The highest BCUT2D eigenvalue weighted by Crippen LogP contribution is 2.15. The van der Waals surface area contributed by atoms with Crippen LogP contribution in [0.4, 0.5) is 4.39 Å². The molecule has 0 radical (unpaired) electrons. The normalized spacial score (nSPS) is 10.0. The summed E-state index contributed by atoms with van der Waals surface area (Å²) in [6.07, 6.45) is -3.24. The van der Waals surface area contributed by atoms with Gasteiger partial charge in [0.2, 0.25) is 0 Å². The smallest absolute Gasteiger partial charge is 0.336 e. The van der Waals surface area contributed by atoms with E-state index in [4.69, 9.17) is 37.1 Å². The Bertz CT molecular complexity index is 319. The zero-order valence-corrected chi connectivity index (χ0v) is 10.8. The fraction of sp³-hybridized carbons (Fsp3) is 0.727. The van der Waals surface area contributed by atoms with Crippen molar-refractivity contribution >= 4 is 17.9 Å². The number of hydrogen-bond donors (Lipinski definition) is 7. The lowest BCUT2D eigenvalue weighted by molar-refractivity contribution is -0.170. The fourth-order valence-corrected chi connectivity index (χ4v) is 0.772. The molecule has 10 nitrogen and oxygen atoms in total. The Balaban J connectivity index is -0.000000151. The maximum Gasteiger partial charge on any atom is 0.336 e. The summed E-state index contributed by atoms with van der Waals surface area (Å²) in [7, 11) is -1.00. The molecule has 0 atom stereocenters. The van der Waals surface area contributed by atoms with Gasteiger partial charge in [0.15, 0.2) is 5.60 Å². The molecule has 0 aromatic rings. The van der Waals surface area contributed by atoms with Gasteiger partial charge in [-0.25, -0.2) is 4.79 Å². The monoisotopic (exact) mass is 335 g/mol. The Hall–Kier alpha value is -1.82. The second kappa shape index (κ2) is 15.6. The summed E-state index contributed by atoms with van der Waals surface area (Å²) in [6, 6.07) is 0.